The van der Waals surface area contributed by atoms with Gasteiger partial charge in [0.1, 0.15) is 5.69 Å². The van der Waals surface area contributed by atoms with Crippen molar-refractivity contribution in [2.45, 2.75) is 6.18 Å². The number of nitrogens with zero attached hydrogens (tertiary/aromatic N) is 2. The Balaban J connectivity index is 2.79. The van der Waals surface area contributed by atoms with Crippen molar-refractivity contribution in [3.05, 3.63) is 29.6 Å². The van der Waals surface area contributed by atoms with E-state index in [4.69, 9.17) is 11.6 Å². The number of rotatable bonds is 3. The van der Waals surface area contributed by atoms with E-state index in [-0.39, 0.29) is 17.5 Å². The summed E-state index contributed by atoms with van der Waals surface area (Å²) in [6.07, 6.45) is -3.45. The molecule has 3 nitrogen and oxygen atoms in total. The summed E-state index contributed by atoms with van der Waals surface area (Å²) in [6.45, 7) is 3.48. The maximum absolute atomic E-state index is 12.2. The first-order valence-corrected chi connectivity index (χ1v) is 4.25. The van der Waals surface area contributed by atoms with Gasteiger partial charge in [0.05, 0.1) is 6.54 Å². The Bertz CT molecular complexity index is 364. The number of anilines is 1. The molecule has 0 aliphatic heterocycles. The number of halogens is 4. The first-order chi connectivity index (χ1) is 6.89. The van der Waals surface area contributed by atoms with Gasteiger partial charge < -0.3 is 5.32 Å². The zero-order valence-electron chi connectivity index (χ0n) is 7.48. The van der Waals surface area contributed by atoms with Crippen LogP contribution in [0.4, 0.5) is 19.1 Å². The summed E-state index contributed by atoms with van der Waals surface area (Å²) in [5.41, 5.74) is -1.000. The smallest absolute Gasteiger partial charge is 0.349 e. The number of hydrogen-bond acceptors (Lipinski definition) is 3. The maximum atomic E-state index is 12.2. The molecule has 1 aromatic rings. The first kappa shape index (κ1) is 11.8. The summed E-state index contributed by atoms with van der Waals surface area (Å²) in [5, 5.41) is 2.76. The molecule has 0 saturated carbocycles. The lowest BCUT2D eigenvalue weighted by atomic mass is 10.4. The number of hydrogen-bond donors (Lipinski definition) is 1. The predicted molar refractivity (Wildman–Crippen MR) is 50.5 cm³/mol. The van der Waals surface area contributed by atoms with Gasteiger partial charge >= 0.3 is 6.18 Å². The molecule has 0 saturated heterocycles. The number of aromatic nitrogens is 2. The molecule has 0 aliphatic rings. The molecule has 0 bridgehead atoms. The second kappa shape index (κ2) is 4.48. The van der Waals surface area contributed by atoms with Crippen LogP contribution in [0.5, 0.6) is 0 Å². The van der Waals surface area contributed by atoms with Crippen LogP contribution in [0.3, 0.4) is 0 Å². The highest BCUT2D eigenvalue weighted by atomic mass is 35.5. The third-order valence-corrected chi connectivity index (χ3v) is 1.52. The van der Waals surface area contributed by atoms with E-state index in [1.165, 1.54) is 0 Å². The van der Waals surface area contributed by atoms with Crippen LogP contribution in [-0.2, 0) is 6.18 Å². The fourth-order valence-corrected chi connectivity index (χ4v) is 0.844. The summed E-state index contributed by atoms with van der Waals surface area (Å²) < 4.78 is 36.6. The van der Waals surface area contributed by atoms with Gasteiger partial charge in [0, 0.05) is 11.2 Å². The van der Waals surface area contributed by atoms with Crippen LogP contribution in [-0.4, -0.2) is 16.5 Å². The average molecular weight is 238 g/mol. The van der Waals surface area contributed by atoms with E-state index in [0.717, 1.165) is 12.3 Å². The molecule has 1 heterocycles. The molecule has 0 fully saturated rings. The fraction of sp³-hybridized carbons (Fsp3) is 0.250. The van der Waals surface area contributed by atoms with E-state index in [9.17, 15) is 13.2 Å². The van der Waals surface area contributed by atoms with Crippen molar-refractivity contribution in [1.82, 2.24) is 9.97 Å². The third kappa shape index (κ3) is 3.75. The highest BCUT2D eigenvalue weighted by Crippen LogP contribution is 2.27. The third-order valence-electron chi connectivity index (χ3n) is 1.38. The van der Waals surface area contributed by atoms with Crippen LogP contribution in [0.2, 0.25) is 0 Å². The average Bonchev–Trinajstić information content (AvgIpc) is 2.14. The topological polar surface area (TPSA) is 37.8 Å². The van der Waals surface area contributed by atoms with Gasteiger partial charge in [0.2, 0.25) is 5.95 Å². The Labute approximate surface area is 89.0 Å². The van der Waals surface area contributed by atoms with Crippen LogP contribution in [0.15, 0.2) is 23.9 Å². The van der Waals surface area contributed by atoms with Gasteiger partial charge in [0.25, 0.3) is 0 Å². The van der Waals surface area contributed by atoms with Gasteiger partial charge in [-0.05, 0) is 6.07 Å². The molecule has 0 spiro atoms. The number of nitrogens with one attached hydrogen (secondary N) is 1. The van der Waals surface area contributed by atoms with Crippen molar-refractivity contribution in [2.75, 3.05) is 11.9 Å². The van der Waals surface area contributed by atoms with Gasteiger partial charge in [-0.15, -0.1) is 0 Å². The molecule has 7 heteroatoms. The van der Waals surface area contributed by atoms with Crippen LogP contribution in [0.1, 0.15) is 5.69 Å². The predicted octanol–water partition coefficient (Wildman–Crippen LogP) is 2.66. The summed E-state index contributed by atoms with van der Waals surface area (Å²) in [5.74, 6) is -0.133. The second-order valence-electron chi connectivity index (χ2n) is 2.63. The Morgan fingerprint density at radius 3 is 2.73 bits per heavy atom. The summed E-state index contributed by atoms with van der Waals surface area (Å²) in [6, 6.07) is 0.792. The molecule has 0 unspecified atom stereocenters. The minimum Gasteiger partial charge on any atom is -0.349 e. The summed E-state index contributed by atoms with van der Waals surface area (Å²) >= 11 is 5.42. The SMILES string of the molecule is C=C(Cl)CNc1nccc(C(F)(F)F)n1. The maximum Gasteiger partial charge on any atom is 0.433 e. The van der Waals surface area contributed by atoms with Crippen LogP contribution in [0, 0.1) is 0 Å². The zero-order chi connectivity index (χ0) is 11.5. The van der Waals surface area contributed by atoms with Crippen molar-refractivity contribution in [3.8, 4) is 0 Å². The fourth-order valence-electron chi connectivity index (χ4n) is 0.777. The lowest BCUT2D eigenvalue weighted by molar-refractivity contribution is -0.141. The molecule has 1 N–H and O–H groups in total. The Morgan fingerprint density at radius 2 is 2.20 bits per heavy atom. The minimum atomic E-state index is -4.47. The largest absolute Gasteiger partial charge is 0.433 e. The van der Waals surface area contributed by atoms with Gasteiger partial charge in [-0.25, -0.2) is 9.97 Å². The van der Waals surface area contributed by atoms with Crippen LogP contribution in [0.25, 0.3) is 0 Å². The standard InChI is InChI=1S/C8H7ClF3N3/c1-5(9)4-14-7-13-3-2-6(15-7)8(10,11)12/h2-3H,1,4H2,(H,13,14,15). The second-order valence-corrected chi connectivity index (χ2v) is 3.17. The van der Waals surface area contributed by atoms with Crippen LogP contribution >= 0.6 is 11.6 Å². The molecular weight excluding hydrogens is 231 g/mol. The molecule has 0 radical (unpaired) electrons. The van der Waals surface area contributed by atoms with E-state index in [0.29, 0.717) is 0 Å². The van der Waals surface area contributed by atoms with Crippen molar-refractivity contribution in [3.63, 3.8) is 0 Å². The lowest BCUT2D eigenvalue weighted by Gasteiger charge is -2.07. The Morgan fingerprint density at radius 1 is 1.53 bits per heavy atom. The minimum absolute atomic E-state index is 0.114. The van der Waals surface area contributed by atoms with E-state index in [2.05, 4.69) is 21.9 Å². The van der Waals surface area contributed by atoms with Crippen LogP contribution < -0.4 is 5.32 Å². The Hall–Kier alpha value is -1.30. The molecule has 1 rings (SSSR count). The highest BCUT2D eigenvalue weighted by Gasteiger charge is 2.32. The normalized spacial score (nSPS) is 11.2. The lowest BCUT2D eigenvalue weighted by Crippen LogP contribution is -2.12. The van der Waals surface area contributed by atoms with E-state index in [1.807, 2.05) is 0 Å². The van der Waals surface area contributed by atoms with Crippen molar-refractivity contribution in [1.29, 1.82) is 0 Å². The monoisotopic (exact) mass is 237 g/mol. The molecule has 0 atom stereocenters. The van der Waals surface area contributed by atoms with Gasteiger partial charge in [-0.1, -0.05) is 18.2 Å². The molecule has 1 aromatic heterocycles. The summed E-state index contributed by atoms with van der Waals surface area (Å²) in [7, 11) is 0. The van der Waals surface area contributed by atoms with E-state index in [1.54, 1.807) is 0 Å². The van der Waals surface area contributed by atoms with Gasteiger partial charge in [0.15, 0.2) is 0 Å². The highest BCUT2D eigenvalue weighted by molar-refractivity contribution is 6.29. The number of alkyl halides is 3. The Kier molecular flexibility index (Phi) is 3.52. The van der Waals surface area contributed by atoms with Crippen molar-refractivity contribution >= 4 is 17.5 Å². The van der Waals surface area contributed by atoms with Gasteiger partial charge in [-0.2, -0.15) is 13.2 Å². The van der Waals surface area contributed by atoms with E-state index < -0.39 is 11.9 Å². The molecule has 0 amide bonds. The van der Waals surface area contributed by atoms with Crippen molar-refractivity contribution in [2.24, 2.45) is 0 Å². The summed E-state index contributed by atoms with van der Waals surface area (Å²) in [4.78, 5) is 6.87. The molecule has 0 aliphatic carbocycles. The van der Waals surface area contributed by atoms with Crippen molar-refractivity contribution < 1.29 is 13.2 Å². The molecule has 0 aromatic carbocycles. The zero-order valence-corrected chi connectivity index (χ0v) is 8.23. The van der Waals surface area contributed by atoms with Gasteiger partial charge in [-0.3, -0.25) is 0 Å². The molecule has 15 heavy (non-hydrogen) atoms. The van der Waals surface area contributed by atoms with E-state index >= 15 is 0 Å². The molecule has 82 valence electrons. The quantitative estimate of drug-likeness (QED) is 0.878. The molecular formula is C8H7ClF3N3. The first-order valence-electron chi connectivity index (χ1n) is 3.87.